The van der Waals surface area contributed by atoms with Gasteiger partial charge in [0.15, 0.2) is 11.5 Å². The van der Waals surface area contributed by atoms with Crippen LogP contribution in [0.15, 0.2) is 12.1 Å². The average molecular weight is 220 g/mol. The molecule has 1 heterocycles. The highest BCUT2D eigenvalue weighted by Crippen LogP contribution is 2.34. The average Bonchev–Trinajstić information content (AvgIpc) is 2.64. The lowest BCUT2D eigenvalue weighted by Crippen LogP contribution is -1.95. The van der Waals surface area contributed by atoms with E-state index in [0.717, 1.165) is 24.3 Å². The van der Waals surface area contributed by atoms with Crippen LogP contribution in [0.4, 0.5) is 0 Å². The van der Waals surface area contributed by atoms with Crippen molar-refractivity contribution in [3.05, 3.63) is 23.3 Å². The number of fused-ring (bicyclic) bond motifs is 1. The smallest absolute Gasteiger partial charge is 0.231 e. The summed E-state index contributed by atoms with van der Waals surface area (Å²) in [6.45, 7) is 4.00. The molecular weight excluding hydrogens is 204 g/mol. The van der Waals surface area contributed by atoms with E-state index < -0.39 is 0 Å². The summed E-state index contributed by atoms with van der Waals surface area (Å²) in [4.78, 5) is 10.9. The highest BCUT2D eigenvalue weighted by Gasteiger charge is 2.15. The van der Waals surface area contributed by atoms with Gasteiger partial charge in [-0.1, -0.05) is 0 Å². The molecule has 0 saturated heterocycles. The fraction of sp³-hybridized carbons (Fsp3) is 0.462. The molecule has 0 aromatic heterocycles. The van der Waals surface area contributed by atoms with Gasteiger partial charge in [0.2, 0.25) is 6.79 Å². The Hall–Kier alpha value is -1.51. The van der Waals surface area contributed by atoms with Crippen LogP contribution in [0.2, 0.25) is 0 Å². The number of rotatable bonds is 4. The maximum Gasteiger partial charge on any atom is 0.231 e. The highest BCUT2D eigenvalue weighted by atomic mass is 16.7. The van der Waals surface area contributed by atoms with Crippen LogP contribution in [0, 0.1) is 6.92 Å². The Kier molecular flexibility index (Phi) is 3.13. The van der Waals surface area contributed by atoms with Crippen LogP contribution in [-0.2, 0) is 11.2 Å². The Morgan fingerprint density at radius 2 is 2.00 bits per heavy atom. The summed E-state index contributed by atoms with van der Waals surface area (Å²) >= 11 is 0. The summed E-state index contributed by atoms with van der Waals surface area (Å²) < 4.78 is 10.6. The second-order valence-corrected chi connectivity index (χ2v) is 4.19. The van der Waals surface area contributed by atoms with Crippen molar-refractivity contribution in [2.24, 2.45) is 0 Å². The summed E-state index contributed by atoms with van der Waals surface area (Å²) in [6, 6.07) is 4.03. The number of ketones is 1. The van der Waals surface area contributed by atoms with Crippen molar-refractivity contribution in [1.29, 1.82) is 0 Å². The van der Waals surface area contributed by atoms with Crippen LogP contribution in [-0.4, -0.2) is 12.6 Å². The molecule has 1 aliphatic heterocycles. The summed E-state index contributed by atoms with van der Waals surface area (Å²) in [6.07, 6.45) is 2.46. The van der Waals surface area contributed by atoms with E-state index in [-0.39, 0.29) is 5.78 Å². The standard InChI is InChI=1S/C13H16O3/c1-9-6-12-13(16-8-15-12)7-11(9)5-3-4-10(2)14/h6-7H,3-5,8H2,1-2H3. The predicted molar refractivity (Wildman–Crippen MR) is 60.9 cm³/mol. The molecule has 3 heteroatoms. The zero-order valence-electron chi connectivity index (χ0n) is 9.71. The third-order valence-electron chi connectivity index (χ3n) is 2.81. The molecule has 0 spiro atoms. The zero-order chi connectivity index (χ0) is 11.5. The van der Waals surface area contributed by atoms with Gasteiger partial charge in [0.05, 0.1) is 0 Å². The van der Waals surface area contributed by atoms with E-state index >= 15 is 0 Å². The third kappa shape index (κ3) is 2.35. The van der Waals surface area contributed by atoms with E-state index in [9.17, 15) is 4.79 Å². The van der Waals surface area contributed by atoms with Gasteiger partial charge in [0.1, 0.15) is 5.78 Å². The molecule has 0 radical (unpaired) electrons. The molecule has 0 amide bonds. The Balaban J connectivity index is 2.06. The van der Waals surface area contributed by atoms with E-state index in [2.05, 4.69) is 6.92 Å². The minimum absolute atomic E-state index is 0.249. The van der Waals surface area contributed by atoms with Gasteiger partial charge >= 0.3 is 0 Å². The number of benzene rings is 1. The molecular formula is C13H16O3. The number of aryl methyl sites for hydroxylation is 2. The number of hydrogen-bond donors (Lipinski definition) is 0. The molecule has 0 fully saturated rings. The lowest BCUT2D eigenvalue weighted by molar-refractivity contribution is -0.117. The van der Waals surface area contributed by atoms with Crippen LogP contribution in [0.3, 0.4) is 0 Å². The van der Waals surface area contributed by atoms with Gasteiger partial charge in [-0.15, -0.1) is 0 Å². The normalized spacial score (nSPS) is 12.9. The first-order valence-corrected chi connectivity index (χ1v) is 5.55. The lowest BCUT2D eigenvalue weighted by atomic mass is 10.0. The first-order chi connectivity index (χ1) is 7.66. The van der Waals surface area contributed by atoms with Crippen molar-refractivity contribution in [2.45, 2.75) is 33.1 Å². The number of Topliss-reactive ketones (excluding diaryl/α,β-unsaturated/α-hetero) is 1. The van der Waals surface area contributed by atoms with Crippen LogP contribution in [0.5, 0.6) is 11.5 Å². The Bertz CT molecular complexity index is 410. The molecule has 0 aliphatic carbocycles. The minimum Gasteiger partial charge on any atom is -0.454 e. The summed E-state index contributed by atoms with van der Waals surface area (Å²) in [7, 11) is 0. The first kappa shape index (κ1) is 11.0. The van der Waals surface area contributed by atoms with Gasteiger partial charge in [-0.05, 0) is 49.9 Å². The third-order valence-corrected chi connectivity index (χ3v) is 2.81. The van der Waals surface area contributed by atoms with Gasteiger partial charge in [0, 0.05) is 6.42 Å². The molecule has 0 unspecified atom stereocenters. The molecule has 1 aliphatic rings. The highest BCUT2D eigenvalue weighted by molar-refractivity contribution is 5.75. The summed E-state index contributed by atoms with van der Waals surface area (Å²) in [5.74, 6) is 1.90. The van der Waals surface area contributed by atoms with Crippen LogP contribution < -0.4 is 9.47 Å². The fourth-order valence-electron chi connectivity index (χ4n) is 1.88. The van der Waals surface area contributed by atoms with Gasteiger partial charge < -0.3 is 14.3 Å². The molecule has 0 bridgehead atoms. The van der Waals surface area contributed by atoms with Crippen molar-refractivity contribution in [2.75, 3.05) is 6.79 Å². The van der Waals surface area contributed by atoms with Crippen molar-refractivity contribution < 1.29 is 14.3 Å². The molecule has 0 atom stereocenters. The van der Waals surface area contributed by atoms with Crippen molar-refractivity contribution in [3.63, 3.8) is 0 Å². The van der Waals surface area contributed by atoms with E-state index in [1.807, 2.05) is 12.1 Å². The molecule has 1 aromatic rings. The number of ether oxygens (including phenoxy) is 2. The first-order valence-electron chi connectivity index (χ1n) is 5.55. The van der Waals surface area contributed by atoms with Crippen LogP contribution in [0.25, 0.3) is 0 Å². The predicted octanol–water partition coefficient (Wildman–Crippen LogP) is 2.64. The lowest BCUT2D eigenvalue weighted by Gasteiger charge is -2.06. The van der Waals surface area contributed by atoms with E-state index in [1.165, 1.54) is 11.1 Å². The number of carbonyl (C=O) groups excluding carboxylic acids is 1. The maximum atomic E-state index is 10.9. The van der Waals surface area contributed by atoms with Gasteiger partial charge in [-0.2, -0.15) is 0 Å². The summed E-state index contributed by atoms with van der Waals surface area (Å²) in [5.41, 5.74) is 2.44. The molecule has 0 saturated carbocycles. The number of hydrogen-bond acceptors (Lipinski definition) is 3. The fourth-order valence-corrected chi connectivity index (χ4v) is 1.88. The van der Waals surface area contributed by atoms with E-state index in [1.54, 1.807) is 6.92 Å². The SMILES string of the molecule is CC(=O)CCCc1cc2c(cc1C)OCO2. The number of carbonyl (C=O) groups is 1. The largest absolute Gasteiger partial charge is 0.454 e. The van der Waals surface area contributed by atoms with E-state index in [4.69, 9.17) is 9.47 Å². The molecule has 16 heavy (non-hydrogen) atoms. The van der Waals surface area contributed by atoms with Crippen molar-refractivity contribution in [1.82, 2.24) is 0 Å². The molecule has 1 aromatic carbocycles. The Labute approximate surface area is 95.4 Å². The molecule has 0 N–H and O–H groups in total. The quantitative estimate of drug-likeness (QED) is 0.782. The zero-order valence-corrected chi connectivity index (χ0v) is 9.71. The molecule has 86 valence electrons. The van der Waals surface area contributed by atoms with Crippen molar-refractivity contribution >= 4 is 5.78 Å². The Morgan fingerprint density at radius 3 is 2.69 bits per heavy atom. The monoisotopic (exact) mass is 220 g/mol. The van der Waals surface area contributed by atoms with Gasteiger partial charge in [0.25, 0.3) is 0 Å². The molecule has 2 rings (SSSR count). The van der Waals surface area contributed by atoms with Gasteiger partial charge in [-0.25, -0.2) is 0 Å². The molecule has 3 nitrogen and oxygen atoms in total. The van der Waals surface area contributed by atoms with Gasteiger partial charge in [-0.3, -0.25) is 0 Å². The minimum atomic E-state index is 0.249. The maximum absolute atomic E-state index is 10.9. The second-order valence-electron chi connectivity index (χ2n) is 4.19. The van der Waals surface area contributed by atoms with Crippen molar-refractivity contribution in [3.8, 4) is 11.5 Å². The van der Waals surface area contributed by atoms with E-state index in [0.29, 0.717) is 13.2 Å². The topological polar surface area (TPSA) is 35.5 Å². The van der Waals surface area contributed by atoms with Crippen LogP contribution >= 0.6 is 0 Å². The summed E-state index contributed by atoms with van der Waals surface area (Å²) in [5, 5.41) is 0. The Morgan fingerprint density at radius 1 is 1.31 bits per heavy atom. The van der Waals surface area contributed by atoms with Crippen LogP contribution in [0.1, 0.15) is 30.9 Å². The second kappa shape index (κ2) is 4.56.